The lowest BCUT2D eigenvalue weighted by molar-refractivity contribution is -0.132. The number of rotatable bonds is 5. The van der Waals surface area contributed by atoms with Crippen LogP contribution in [0.4, 0.5) is 0 Å². The zero-order valence-corrected chi connectivity index (χ0v) is 13.1. The number of fused-ring (bicyclic) bond motifs is 1. The Hall–Kier alpha value is -2.30. The number of likely N-dealkylation sites (N-methyl/N-ethyl adjacent to an activating group) is 1. The predicted octanol–water partition coefficient (Wildman–Crippen LogP) is 1.95. The summed E-state index contributed by atoms with van der Waals surface area (Å²) in [7, 11) is 3.64. The summed E-state index contributed by atoms with van der Waals surface area (Å²) in [4.78, 5) is 13.8. The van der Waals surface area contributed by atoms with Crippen molar-refractivity contribution < 1.29 is 9.53 Å². The van der Waals surface area contributed by atoms with Crippen molar-refractivity contribution in [3.8, 4) is 5.75 Å². The van der Waals surface area contributed by atoms with E-state index in [0.29, 0.717) is 6.54 Å². The minimum atomic E-state index is -0.0376. The van der Waals surface area contributed by atoms with Gasteiger partial charge in [0.25, 0.3) is 5.91 Å². The van der Waals surface area contributed by atoms with Crippen LogP contribution in [0.2, 0.25) is 0 Å². The van der Waals surface area contributed by atoms with Gasteiger partial charge in [-0.15, -0.1) is 0 Å². The number of nitrogens with zero attached hydrogens (tertiary/aromatic N) is 3. The van der Waals surface area contributed by atoms with Gasteiger partial charge in [-0.1, -0.05) is 6.07 Å². The minimum absolute atomic E-state index is 0.0376. The second-order valence-electron chi connectivity index (χ2n) is 5.84. The normalized spacial score (nSPS) is 13.0. The van der Waals surface area contributed by atoms with E-state index in [1.165, 1.54) is 17.5 Å². The van der Waals surface area contributed by atoms with E-state index >= 15 is 0 Å². The lowest BCUT2D eigenvalue weighted by Gasteiger charge is -2.16. The maximum Gasteiger partial charge on any atom is 0.260 e. The highest BCUT2D eigenvalue weighted by molar-refractivity contribution is 5.77. The second kappa shape index (κ2) is 6.22. The van der Waals surface area contributed by atoms with E-state index in [2.05, 4.69) is 17.2 Å². The molecule has 0 bridgehead atoms. The van der Waals surface area contributed by atoms with Gasteiger partial charge in [-0.2, -0.15) is 5.10 Å². The van der Waals surface area contributed by atoms with Gasteiger partial charge in [0.2, 0.25) is 0 Å². The Balaban J connectivity index is 1.53. The molecule has 0 N–H and O–H groups in total. The van der Waals surface area contributed by atoms with Crippen molar-refractivity contribution in [1.29, 1.82) is 0 Å². The van der Waals surface area contributed by atoms with Crippen molar-refractivity contribution in [1.82, 2.24) is 14.7 Å². The summed E-state index contributed by atoms with van der Waals surface area (Å²) in [5.74, 6) is 0.744. The molecule has 0 aliphatic heterocycles. The molecule has 1 aliphatic carbocycles. The molecule has 0 spiro atoms. The van der Waals surface area contributed by atoms with Crippen LogP contribution in [0.1, 0.15) is 23.1 Å². The molecule has 116 valence electrons. The first-order chi connectivity index (χ1) is 10.6. The first-order valence-corrected chi connectivity index (χ1v) is 7.58. The molecule has 0 radical (unpaired) electrons. The lowest BCUT2D eigenvalue weighted by atomic mass is 10.1. The fraction of sp³-hybridized carbons (Fsp3) is 0.412. The molecular weight excluding hydrogens is 278 g/mol. The van der Waals surface area contributed by atoms with Gasteiger partial charge >= 0.3 is 0 Å². The maximum atomic E-state index is 12.1. The largest absolute Gasteiger partial charge is 0.484 e. The summed E-state index contributed by atoms with van der Waals surface area (Å²) < 4.78 is 7.38. The summed E-state index contributed by atoms with van der Waals surface area (Å²) in [5, 5.41) is 4.10. The van der Waals surface area contributed by atoms with Gasteiger partial charge in [-0.25, -0.2) is 0 Å². The molecule has 0 fully saturated rings. The highest BCUT2D eigenvalue weighted by Gasteiger charge is 2.14. The summed E-state index contributed by atoms with van der Waals surface area (Å²) in [6.07, 6.45) is 7.16. The number of carbonyl (C=O) groups is 1. The van der Waals surface area contributed by atoms with Crippen molar-refractivity contribution in [2.24, 2.45) is 7.05 Å². The molecule has 1 heterocycles. The average Bonchev–Trinajstić information content (AvgIpc) is 3.12. The van der Waals surface area contributed by atoms with Crippen LogP contribution in [0, 0.1) is 0 Å². The van der Waals surface area contributed by atoms with Crippen molar-refractivity contribution in [3.05, 3.63) is 47.3 Å². The molecule has 5 nitrogen and oxygen atoms in total. The van der Waals surface area contributed by atoms with E-state index in [0.717, 1.165) is 24.2 Å². The molecule has 0 unspecified atom stereocenters. The van der Waals surface area contributed by atoms with Gasteiger partial charge in [0.15, 0.2) is 6.61 Å². The number of carbonyl (C=O) groups excluding carboxylic acids is 1. The molecule has 0 saturated carbocycles. The van der Waals surface area contributed by atoms with Crippen LogP contribution < -0.4 is 4.74 Å². The second-order valence-corrected chi connectivity index (χ2v) is 5.84. The molecule has 2 aromatic rings. The zero-order valence-electron chi connectivity index (χ0n) is 13.1. The quantitative estimate of drug-likeness (QED) is 0.848. The highest BCUT2D eigenvalue weighted by atomic mass is 16.5. The molecule has 1 aromatic carbocycles. The number of aryl methyl sites for hydroxylation is 3. The third kappa shape index (κ3) is 3.30. The monoisotopic (exact) mass is 299 g/mol. The molecule has 1 amide bonds. The molecule has 0 saturated heterocycles. The van der Waals surface area contributed by atoms with E-state index in [-0.39, 0.29) is 12.5 Å². The third-order valence-corrected chi connectivity index (χ3v) is 4.04. The summed E-state index contributed by atoms with van der Waals surface area (Å²) >= 11 is 0. The standard InChI is InChI=1S/C17H21N3O2/c1-19(10-13-9-18-20(2)11-13)17(21)12-22-16-7-6-14-4-3-5-15(14)8-16/h6-9,11H,3-5,10,12H2,1-2H3. The van der Waals surface area contributed by atoms with Gasteiger partial charge in [0.05, 0.1) is 6.20 Å². The van der Waals surface area contributed by atoms with Crippen molar-refractivity contribution in [3.63, 3.8) is 0 Å². The number of hydrogen-bond donors (Lipinski definition) is 0. The van der Waals surface area contributed by atoms with Crippen molar-refractivity contribution >= 4 is 5.91 Å². The van der Waals surface area contributed by atoms with Gasteiger partial charge < -0.3 is 9.64 Å². The smallest absolute Gasteiger partial charge is 0.260 e. The molecule has 22 heavy (non-hydrogen) atoms. The fourth-order valence-corrected chi connectivity index (χ4v) is 2.81. The number of ether oxygens (including phenoxy) is 1. The first kappa shape index (κ1) is 14.6. The molecule has 1 aromatic heterocycles. The summed E-state index contributed by atoms with van der Waals surface area (Å²) in [6.45, 7) is 0.607. The number of hydrogen-bond acceptors (Lipinski definition) is 3. The highest BCUT2D eigenvalue weighted by Crippen LogP contribution is 2.25. The van der Waals surface area contributed by atoms with Crippen LogP contribution in [-0.2, 0) is 31.2 Å². The summed E-state index contributed by atoms with van der Waals surface area (Å²) in [6, 6.07) is 6.14. The van der Waals surface area contributed by atoms with Crippen LogP contribution in [-0.4, -0.2) is 34.2 Å². The lowest BCUT2D eigenvalue weighted by Crippen LogP contribution is -2.30. The van der Waals surface area contributed by atoms with Crippen molar-refractivity contribution in [2.75, 3.05) is 13.7 Å². The average molecular weight is 299 g/mol. The van der Waals surface area contributed by atoms with E-state index in [1.54, 1.807) is 22.8 Å². The topological polar surface area (TPSA) is 47.4 Å². The Morgan fingerprint density at radius 3 is 2.95 bits per heavy atom. The number of amides is 1. The van der Waals surface area contributed by atoms with Crippen LogP contribution in [0.3, 0.4) is 0 Å². The fourth-order valence-electron chi connectivity index (χ4n) is 2.81. The molecule has 1 aliphatic rings. The predicted molar refractivity (Wildman–Crippen MR) is 83.6 cm³/mol. The van der Waals surface area contributed by atoms with Gasteiger partial charge in [-0.05, 0) is 42.5 Å². The van der Waals surface area contributed by atoms with Gasteiger partial charge in [0.1, 0.15) is 5.75 Å². The number of benzene rings is 1. The van der Waals surface area contributed by atoms with E-state index < -0.39 is 0 Å². The van der Waals surface area contributed by atoms with Crippen LogP contribution >= 0.6 is 0 Å². The Morgan fingerprint density at radius 1 is 1.36 bits per heavy atom. The Morgan fingerprint density at radius 2 is 2.18 bits per heavy atom. The SMILES string of the molecule is CN(Cc1cnn(C)c1)C(=O)COc1ccc2c(c1)CCC2. The van der Waals surface area contributed by atoms with Crippen molar-refractivity contribution in [2.45, 2.75) is 25.8 Å². The Labute approximate surface area is 130 Å². The van der Waals surface area contributed by atoms with E-state index in [4.69, 9.17) is 4.74 Å². The number of aromatic nitrogens is 2. The van der Waals surface area contributed by atoms with Gasteiger partial charge in [0, 0.05) is 32.4 Å². The summed E-state index contributed by atoms with van der Waals surface area (Å²) in [5.41, 5.74) is 3.77. The van der Waals surface area contributed by atoms with Crippen LogP contribution in [0.5, 0.6) is 5.75 Å². The molecular formula is C17H21N3O2. The van der Waals surface area contributed by atoms with E-state index in [9.17, 15) is 4.79 Å². The Kier molecular flexibility index (Phi) is 4.13. The molecule has 5 heteroatoms. The van der Waals surface area contributed by atoms with Crippen LogP contribution in [0.15, 0.2) is 30.6 Å². The van der Waals surface area contributed by atoms with Crippen LogP contribution in [0.25, 0.3) is 0 Å². The minimum Gasteiger partial charge on any atom is -0.484 e. The first-order valence-electron chi connectivity index (χ1n) is 7.58. The Bertz CT molecular complexity index is 678. The van der Waals surface area contributed by atoms with Gasteiger partial charge in [-0.3, -0.25) is 9.48 Å². The molecule has 3 rings (SSSR count). The third-order valence-electron chi connectivity index (χ3n) is 4.04. The zero-order chi connectivity index (χ0) is 15.5. The molecule has 0 atom stereocenters. The maximum absolute atomic E-state index is 12.1. The van der Waals surface area contributed by atoms with E-state index in [1.807, 2.05) is 19.3 Å².